The van der Waals surface area contributed by atoms with E-state index < -0.39 is 0 Å². The van der Waals surface area contributed by atoms with E-state index in [-0.39, 0.29) is 0 Å². The quantitative estimate of drug-likeness (QED) is 0.572. The third-order valence-electron chi connectivity index (χ3n) is 2.88. The molecule has 98 valence electrons. The lowest BCUT2D eigenvalue weighted by Crippen LogP contribution is -1.93. The van der Waals surface area contributed by atoms with Gasteiger partial charge in [0.2, 0.25) is 0 Å². The maximum Gasteiger partial charge on any atom is 0.127 e. The Kier molecular flexibility index (Phi) is 2.72. The Bertz CT molecular complexity index is 864. The highest BCUT2D eigenvalue weighted by atomic mass is 32.1. The molecule has 0 spiro atoms. The molecule has 0 radical (unpaired) electrons. The Morgan fingerprint density at radius 2 is 1.60 bits per heavy atom. The molecule has 4 rings (SSSR count). The molecule has 4 aromatic rings. The Morgan fingerprint density at radius 1 is 0.900 bits per heavy atom. The number of aromatic nitrogens is 4. The highest BCUT2D eigenvalue weighted by Gasteiger charge is 2.19. The van der Waals surface area contributed by atoms with Crippen LogP contribution in [0.2, 0.25) is 0 Å². The Balaban J connectivity index is 2.08. The number of nitrogens with two attached hydrogens (primary N) is 1. The fraction of sp³-hybridized carbons (Fsp3) is 0. The van der Waals surface area contributed by atoms with Crippen molar-refractivity contribution in [3.63, 3.8) is 0 Å². The van der Waals surface area contributed by atoms with Gasteiger partial charge in [-0.2, -0.15) is 8.75 Å². The van der Waals surface area contributed by atoms with Crippen LogP contribution < -0.4 is 5.73 Å². The van der Waals surface area contributed by atoms with E-state index in [1.54, 1.807) is 35.1 Å². The summed E-state index contributed by atoms with van der Waals surface area (Å²) in [6, 6.07) is 1.92. The Labute approximate surface area is 126 Å². The third-order valence-corrected chi connectivity index (χ3v) is 5.00. The highest BCUT2D eigenvalue weighted by Crippen LogP contribution is 2.39. The highest BCUT2D eigenvalue weighted by molar-refractivity contribution is 7.13. The number of nitrogens with zero attached hydrogens (tertiary/aromatic N) is 4. The van der Waals surface area contributed by atoms with Gasteiger partial charge < -0.3 is 5.73 Å². The fourth-order valence-electron chi connectivity index (χ4n) is 2.05. The lowest BCUT2D eigenvalue weighted by Gasteiger charge is -2.06. The van der Waals surface area contributed by atoms with Crippen molar-refractivity contribution in [2.75, 3.05) is 5.73 Å². The normalized spacial score (nSPS) is 11.2. The van der Waals surface area contributed by atoms with E-state index >= 15 is 0 Å². The van der Waals surface area contributed by atoms with Crippen molar-refractivity contribution in [3.8, 4) is 21.1 Å². The SMILES string of the molecule is Nc1cc(-c2nccs2)c2nsnc2c1-c1nccs1. The molecule has 3 heterocycles. The third kappa shape index (κ3) is 1.73. The predicted molar refractivity (Wildman–Crippen MR) is 84.0 cm³/mol. The standard InChI is InChI=1S/C12H7N5S3/c13-7-5-6(11-14-1-3-18-11)9-10(17-20-16-9)8(7)12-15-2-4-19-12/h1-5H,13H2. The average Bonchev–Trinajstić information content (AvgIpc) is 3.20. The van der Waals surface area contributed by atoms with Crippen molar-refractivity contribution in [3.05, 3.63) is 29.2 Å². The van der Waals surface area contributed by atoms with Gasteiger partial charge in [0.05, 0.1) is 17.3 Å². The van der Waals surface area contributed by atoms with Crippen molar-refractivity contribution in [1.82, 2.24) is 18.7 Å². The number of thiazole rings is 2. The largest absolute Gasteiger partial charge is 0.398 e. The van der Waals surface area contributed by atoms with Crippen molar-refractivity contribution < 1.29 is 0 Å². The molecule has 0 aliphatic heterocycles. The van der Waals surface area contributed by atoms with E-state index in [1.165, 1.54) is 11.7 Å². The maximum absolute atomic E-state index is 6.22. The minimum Gasteiger partial charge on any atom is -0.398 e. The zero-order valence-electron chi connectivity index (χ0n) is 9.98. The van der Waals surface area contributed by atoms with Crippen LogP contribution in [0.15, 0.2) is 29.2 Å². The fourth-order valence-corrected chi connectivity index (χ4v) is 3.98. The molecule has 8 heteroatoms. The first-order chi connectivity index (χ1) is 9.84. The lowest BCUT2D eigenvalue weighted by molar-refractivity contribution is 1.40. The molecular weight excluding hydrogens is 310 g/mol. The van der Waals surface area contributed by atoms with Crippen molar-refractivity contribution in [2.24, 2.45) is 0 Å². The molecule has 0 saturated heterocycles. The van der Waals surface area contributed by atoms with E-state index in [0.29, 0.717) is 5.69 Å². The first-order valence-corrected chi connectivity index (χ1v) is 8.18. The van der Waals surface area contributed by atoms with Gasteiger partial charge in [-0.1, -0.05) is 0 Å². The Hall–Kier alpha value is -1.90. The molecule has 20 heavy (non-hydrogen) atoms. The molecule has 0 aliphatic rings. The van der Waals surface area contributed by atoms with Crippen LogP contribution in [0.5, 0.6) is 0 Å². The van der Waals surface area contributed by atoms with Crippen molar-refractivity contribution in [1.29, 1.82) is 0 Å². The second kappa shape index (κ2) is 4.58. The van der Waals surface area contributed by atoms with E-state index in [9.17, 15) is 0 Å². The molecule has 1 aromatic carbocycles. The Morgan fingerprint density at radius 3 is 2.30 bits per heavy atom. The molecule has 5 nitrogen and oxygen atoms in total. The number of hydrogen-bond donors (Lipinski definition) is 1. The van der Waals surface area contributed by atoms with Gasteiger partial charge in [-0.25, -0.2) is 9.97 Å². The molecule has 2 N–H and O–H groups in total. The average molecular weight is 317 g/mol. The van der Waals surface area contributed by atoms with Gasteiger partial charge in [-0.3, -0.25) is 0 Å². The number of anilines is 1. The molecule has 3 aromatic heterocycles. The first kappa shape index (κ1) is 11.9. The van der Waals surface area contributed by atoms with Crippen LogP contribution in [-0.4, -0.2) is 18.7 Å². The van der Waals surface area contributed by atoms with Gasteiger partial charge in [-0.15, -0.1) is 22.7 Å². The summed E-state index contributed by atoms with van der Waals surface area (Å²) in [6.45, 7) is 0. The summed E-state index contributed by atoms with van der Waals surface area (Å²) in [5.74, 6) is 0. The minimum absolute atomic E-state index is 0.658. The van der Waals surface area contributed by atoms with Crippen LogP contribution in [-0.2, 0) is 0 Å². The predicted octanol–water partition coefficient (Wildman–Crippen LogP) is 3.52. The van der Waals surface area contributed by atoms with Crippen LogP contribution in [0.25, 0.3) is 32.2 Å². The summed E-state index contributed by atoms with van der Waals surface area (Å²) in [6.07, 6.45) is 3.54. The zero-order valence-corrected chi connectivity index (χ0v) is 12.4. The topological polar surface area (TPSA) is 77.6 Å². The van der Waals surface area contributed by atoms with E-state index in [1.807, 2.05) is 16.8 Å². The van der Waals surface area contributed by atoms with E-state index in [2.05, 4.69) is 18.7 Å². The molecule has 0 aliphatic carbocycles. The van der Waals surface area contributed by atoms with E-state index in [4.69, 9.17) is 5.73 Å². The summed E-state index contributed by atoms with van der Waals surface area (Å²) >= 11 is 4.29. The second-order valence-electron chi connectivity index (χ2n) is 4.02. The summed E-state index contributed by atoms with van der Waals surface area (Å²) in [5, 5.41) is 5.63. The monoisotopic (exact) mass is 317 g/mol. The molecule has 0 amide bonds. The van der Waals surface area contributed by atoms with Crippen molar-refractivity contribution in [2.45, 2.75) is 0 Å². The number of hydrogen-bond acceptors (Lipinski definition) is 8. The maximum atomic E-state index is 6.22. The number of rotatable bonds is 2. The molecule has 0 atom stereocenters. The van der Waals surface area contributed by atoms with Crippen LogP contribution >= 0.6 is 34.4 Å². The van der Waals surface area contributed by atoms with E-state index in [0.717, 1.165) is 32.2 Å². The number of benzene rings is 1. The van der Waals surface area contributed by atoms with Gasteiger partial charge in [-0.05, 0) is 6.07 Å². The summed E-state index contributed by atoms with van der Waals surface area (Å²) in [7, 11) is 0. The summed E-state index contributed by atoms with van der Waals surface area (Å²) in [4.78, 5) is 8.67. The van der Waals surface area contributed by atoms with Gasteiger partial charge in [0.1, 0.15) is 21.0 Å². The van der Waals surface area contributed by atoms with Crippen LogP contribution in [0.1, 0.15) is 0 Å². The van der Waals surface area contributed by atoms with Crippen molar-refractivity contribution >= 4 is 51.1 Å². The second-order valence-corrected chi connectivity index (χ2v) is 6.34. The smallest absolute Gasteiger partial charge is 0.127 e. The molecule has 0 fully saturated rings. The van der Waals surface area contributed by atoms with Gasteiger partial charge >= 0.3 is 0 Å². The molecule has 0 saturated carbocycles. The van der Waals surface area contributed by atoms with Gasteiger partial charge in [0.25, 0.3) is 0 Å². The number of fused-ring (bicyclic) bond motifs is 1. The van der Waals surface area contributed by atoms with Crippen LogP contribution in [0, 0.1) is 0 Å². The molecular formula is C12H7N5S3. The van der Waals surface area contributed by atoms with Gasteiger partial charge in [0.15, 0.2) is 0 Å². The zero-order chi connectivity index (χ0) is 13.5. The van der Waals surface area contributed by atoms with Crippen LogP contribution in [0.3, 0.4) is 0 Å². The minimum atomic E-state index is 0.658. The molecule has 0 bridgehead atoms. The summed E-state index contributed by atoms with van der Waals surface area (Å²) in [5.41, 5.74) is 10.3. The summed E-state index contributed by atoms with van der Waals surface area (Å²) < 4.78 is 8.80. The lowest BCUT2D eigenvalue weighted by atomic mass is 10.1. The number of nitrogen functional groups attached to an aromatic ring is 1. The van der Waals surface area contributed by atoms with Gasteiger partial charge in [0, 0.05) is 34.4 Å². The first-order valence-electron chi connectivity index (χ1n) is 5.69. The molecule has 0 unspecified atom stereocenters. The van der Waals surface area contributed by atoms with Crippen LogP contribution in [0.4, 0.5) is 5.69 Å².